The second kappa shape index (κ2) is 15.0. The van der Waals surface area contributed by atoms with E-state index >= 15 is 0 Å². The number of amides is 2. The van der Waals surface area contributed by atoms with Gasteiger partial charge in [0.2, 0.25) is 0 Å². The van der Waals surface area contributed by atoms with Crippen molar-refractivity contribution in [2.24, 2.45) is 0 Å². The molecular weight excluding hydrogens is 751 g/mol. The van der Waals surface area contributed by atoms with E-state index in [4.69, 9.17) is 37.4 Å². The summed E-state index contributed by atoms with van der Waals surface area (Å²) in [7, 11) is -3.96. The van der Waals surface area contributed by atoms with Gasteiger partial charge in [0.1, 0.15) is 23.8 Å². The molecule has 1 aliphatic rings. The third kappa shape index (κ3) is 7.84. The topological polar surface area (TPSA) is 151 Å². The zero-order chi connectivity index (χ0) is 38.1. The second-order valence-corrected chi connectivity index (χ2v) is 15.4. The average Bonchev–Trinajstić information content (AvgIpc) is 3.85. The molecule has 1 unspecified atom stereocenters. The Morgan fingerprint density at radius 3 is 2.17 bits per heavy atom. The lowest BCUT2D eigenvalue weighted by molar-refractivity contribution is -0.117. The third-order valence-corrected chi connectivity index (χ3v) is 10.7. The van der Waals surface area contributed by atoms with Gasteiger partial charge in [0.15, 0.2) is 0 Å². The Balaban J connectivity index is 1.19. The fraction of sp³-hybridized carbons (Fsp3) is 0.179. The zero-order valence-electron chi connectivity index (χ0n) is 29.3. The molecular formula is C39H34Cl2N6O6S. The number of anilines is 2. The summed E-state index contributed by atoms with van der Waals surface area (Å²) in [5.41, 5.74) is 6.53. The molecule has 54 heavy (non-hydrogen) atoms. The highest BCUT2D eigenvalue weighted by Crippen LogP contribution is 2.36. The number of rotatable bonds is 10. The summed E-state index contributed by atoms with van der Waals surface area (Å²) in [6.45, 7) is 5.27. The number of nitrogens with zero attached hydrogens (tertiary/aromatic N) is 4. The lowest BCUT2D eigenvalue weighted by Gasteiger charge is -2.23. The van der Waals surface area contributed by atoms with Crippen LogP contribution in [0.25, 0.3) is 22.4 Å². The van der Waals surface area contributed by atoms with Crippen molar-refractivity contribution in [2.75, 3.05) is 15.7 Å². The van der Waals surface area contributed by atoms with Crippen molar-refractivity contribution < 1.29 is 27.3 Å². The van der Waals surface area contributed by atoms with E-state index in [-0.39, 0.29) is 19.2 Å². The molecule has 0 saturated carbocycles. The number of aryl methyl sites for hydroxylation is 1. The summed E-state index contributed by atoms with van der Waals surface area (Å²) in [4.78, 5) is 34.7. The quantitative estimate of drug-likeness (QED) is 0.141. The molecule has 2 N–H and O–H groups in total. The minimum atomic E-state index is -3.96. The van der Waals surface area contributed by atoms with Crippen LogP contribution in [0.2, 0.25) is 10.0 Å². The van der Waals surface area contributed by atoms with Gasteiger partial charge >= 0.3 is 16.3 Å². The lowest BCUT2D eigenvalue weighted by Crippen LogP contribution is -2.32. The van der Waals surface area contributed by atoms with Crippen molar-refractivity contribution in [1.29, 1.82) is 0 Å². The number of carbonyl (C=O) groups is 2. The molecule has 1 saturated heterocycles. The van der Waals surface area contributed by atoms with Gasteiger partial charge in [-0.25, -0.2) is 18.8 Å². The van der Waals surface area contributed by atoms with E-state index in [1.807, 2.05) is 71.5 Å². The van der Waals surface area contributed by atoms with Gasteiger partial charge in [0.05, 0.1) is 35.0 Å². The lowest BCUT2D eigenvalue weighted by atomic mass is 9.89. The van der Waals surface area contributed by atoms with Crippen LogP contribution in [-0.2, 0) is 26.3 Å². The normalized spacial score (nSPS) is 14.3. The van der Waals surface area contributed by atoms with Gasteiger partial charge in [-0.2, -0.15) is 8.42 Å². The molecule has 1 aliphatic heterocycles. The number of imidazole rings is 1. The fourth-order valence-corrected chi connectivity index (χ4v) is 7.87. The van der Waals surface area contributed by atoms with Crippen LogP contribution in [0.15, 0.2) is 108 Å². The second-order valence-electron chi connectivity index (χ2n) is 13.0. The van der Waals surface area contributed by atoms with Gasteiger partial charge in [-0.15, -0.1) is 0 Å². The minimum Gasteiger partial charge on any atom is -0.446 e. The third-order valence-electron chi connectivity index (χ3n) is 8.72. The number of aromatic nitrogens is 3. The largest absolute Gasteiger partial charge is 0.446 e. The Morgan fingerprint density at radius 1 is 0.944 bits per heavy atom. The fourth-order valence-electron chi connectivity index (χ4n) is 6.22. The molecule has 0 spiro atoms. The molecule has 0 radical (unpaired) electrons. The van der Waals surface area contributed by atoms with Gasteiger partial charge in [-0.05, 0) is 85.5 Å². The van der Waals surface area contributed by atoms with Gasteiger partial charge in [0, 0.05) is 28.5 Å². The number of H-pyrrole nitrogens is 1. The number of carbonyl (C=O) groups excluding carboxylic acids is 2. The summed E-state index contributed by atoms with van der Waals surface area (Å²) in [6.07, 6.45) is 0.985. The predicted molar refractivity (Wildman–Crippen MR) is 207 cm³/mol. The maximum atomic E-state index is 13.1. The summed E-state index contributed by atoms with van der Waals surface area (Å²) in [5, 5.41) is 5.01. The molecule has 3 heterocycles. The van der Waals surface area contributed by atoms with E-state index in [1.54, 1.807) is 57.3 Å². The number of halogens is 2. The molecule has 2 aromatic heterocycles. The van der Waals surface area contributed by atoms with E-state index in [1.165, 1.54) is 4.90 Å². The summed E-state index contributed by atoms with van der Waals surface area (Å²) in [6, 6.07) is 29.6. The van der Waals surface area contributed by atoms with Crippen LogP contribution in [0.1, 0.15) is 48.2 Å². The molecule has 0 bridgehead atoms. The highest BCUT2D eigenvalue weighted by Gasteiger charge is 2.34. The van der Waals surface area contributed by atoms with Crippen LogP contribution >= 0.6 is 23.2 Å². The van der Waals surface area contributed by atoms with Crippen molar-refractivity contribution in [3.8, 4) is 22.4 Å². The van der Waals surface area contributed by atoms with Crippen molar-refractivity contribution in [3.63, 3.8) is 0 Å². The molecule has 1 atom stereocenters. The SMILES string of the molecule is Cc1cc(CN(C(=O)OC(C)C)c2ccc(-c3ccc(C(c4ccc(N5CC(=O)NS5(=O)=O)cc4)c4nc(-c5ccc(Cl)cc5Cl)c[nH]4)cc3)cc2)no1. The minimum absolute atomic E-state index is 0.181. The number of benzene rings is 4. The van der Waals surface area contributed by atoms with Crippen molar-refractivity contribution in [1.82, 2.24) is 19.8 Å². The van der Waals surface area contributed by atoms with E-state index < -0.39 is 28.1 Å². The van der Waals surface area contributed by atoms with E-state index in [2.05, 4.69) is 10.1 Å². The maximum Gasteiger partial charge on any atom is 0.414 e. The highest BCUT2D eigenvalue weighted by atomic mass is 35.5. The van der Waals surface area contributed by atoms with Crippen LogP contribution in [0.5, 0.6) is 0 Å². The molecule has 7 rings (SSSR count). The first-order valence-electron chi connectivity index (χ1n) is 16.9. The summed E-state index contributed by atoms with van der Waals surface area (Å²) < 4.78 is 38.7. The Hall–Kier alpha value is -5.63. The number of aromatic amines is 1. The number of hydrogen-bond acceptors (Lipinski definition) is 8. The standard InChI is InChI=1S/C39H34Cl2N6O6S/c1-23(2)52-39(49)46(21-30-18-24(3)53-44-30)31-13-8-26(9-14-31)25-4-6-27(7-5-25)37(38-42-20-35(43-38)33-17-12-29(40)19-34(33)41)28-10-15-32(16-11-28)47-22-36(48)45-54(47,50)51/h4-20,23,37H,21-22H2,1-3H3,(H,42,43)(H,45,48). The van der Waals surface area contributed by atoms with Crippen LogP contribution in [0.3, 0.4) is 0 Å². The van der Waals surface area contributed by atoms with Gasteiger partial charge in [-0.1, -0.05) is 76.9 Å². The van der Waals surface area contributed by atoms with Crippen LogP contribution < -0.4 is 13.9 Å². The Labute approximate surface area is 321 Å². The Kier molecular flexibility index (Phi) is 10.2. The zero-order valence-corrected chi connectivity index (χ0v) is 31.6. The van der Waals surface area contributed by atoms with Gasteiger partial charge in [-0.3, -0.25) is 9.69 Å². The maximum absolute atomic E-state index is 13.1. The molecule has 1 fully saturated rings. The molecule has 0 aliphatic carbocycles. The van der Waals surface area contributed by atoms with Crippen molar-refractivity contribution in [3.05, 3.63) is 142 Å². The summed E-state index contributed by atoms with van der Waals surface area (Å²) >= 11 is 12.7. The van der Waals surface area contributed by atoms with Crippen molar-refractivity contribution >= 4 is 56.8 Å². The van der Waals surface area contributed by atoms with E-state index in [9.17, 15) is 18.0 Å². The molecule has 6 aromatic rings. The van der Waals surface area contributed by atoms with Gasteiger partial charge in [0.25, 0.3) is 5.91 Å². The first kappa shape index (κ1) is 36.7. The Bertz CT molecular complexity index is 2430. The van der Waals surface area contributed by atoms with Gasteiger partial charge < -0.3 is 14.2 Å². The Morgan fingerprint density at radius 2 is 1.59 bits per heavy atom. The van der Waals surface area contributed by atoms with Crippen LogP contribution in [-0.4, -0.2) is 48.2 Å². The number of ether oxygens (including phenoxy) is 1. The smallest absolute Gasteiger partial charge is 0.414 e. The molecule has 276 valence electrons. The first-order valence-corrected chi connectivity index (χ1v) is 19.1. The molecule has 15 heteroatoms. The summed E-state index contributed by atoms with van der Waals surface area (Å²) in [5.74, 6) is 0.280. The highest BCUT2D eigenvalue weighted by molar-refractivity contribution is 7.92. The number of nitrogens with one attached hydrogen (secondary N) is 2. The van der Waals surface area contributed by atoms with Crippen LogP contribution in [0, 0.1) is 6.92 Å². The molecule has 4 aromatic carbocycles. The predicted octanol–water partition coefficient (Wildman–Crippen LogP) is 8.26. The molecule has 2 amide bonds. The molecule has 12 nitrogen and oxygen atoms in total. The number of hydrogen-bond donors (Lipinski definition) is 2. The van der Waals surface area contributed by atoms with E-state index in [0.29, 0.717) is 50.0 Å². The first-order chi connectivity index (χ1) is 25.8. The van der Waals surface area contributed by atoms with E-state index in [0.717, 1.165) is 26.6 Å². The monoisotopic (exact) mass is 784 g/mol. The van der Waals surface area contributed by atoms with Crippen molar-refractivity contribution in [2.45, 2.75) is 39.3 Å². The van der Waals surface area contributed by atoms with Crippen LogP contribution in [0.4, 0.5) is 16.2 Å². The average molecular weight is 786 g/mol.